The predicted molar refractivity (Wildman–Crippen MR) is 49.1 cm³/mol. The molecule has 1 aromatic carbocycles. The fraction of sp³-hybridized carbons (Fsp3) is 0.200. The summed E-state index contributed by atoms with van der Waals surface area (Å²) < 4.78 is 25.2. The Bertz CT molecular complexity index is 380. The van der Waals surface area contributed by atoms with Crippen LogP contribution in [0.15, 0.2) is 18.2 Å². The first kappa shape index (κ1) is 11.3. The lowest BCUT2D eigenvalue weighted by molar-refractivity contribution is -0.131. The maximum atomic E-state index is 12.7. The highest BCUT2D eigenvalue weighted by Gasteiger charge is 2.02. The minimum Gasteiger partial charge on any atom is -0.349 e. The Balaban J connectivity index is 2.48. The lowest BCUT2D eigenvalue weighted by atomic mass is 10.1. The van der Waals surface area contributed by atoms with E-state index in [1.807, 2.05) is 0 Å². The van der Waals surface area contributed by atoms with Gasteiger partial charge in [0.15, 0.2) is 11.6 Å². The highest BCUT2D eigenvalue weighted by atomic mass is 19.2. The highest BCUT2D eigenvalue weighted by Crippen LogP contribution is 2.08. The summed E-state index contributed by atoms with van der Waals surface area (Å²) in [6.45, 7) is 0.211. The minimum atomic E-state index is -0.922. The molecule has 0 unspecified atom stereocenters. The molecule has 0 aromatic heterocycles. The lowest BCUT2D eigenvalue weighted by Crippen LogP contribution is -2.26. The molecule has 1 N–H and O–H groups in total. The number of aldehydes is 1. The fourth-order valence-corrected chi connectivity index (χ4v) is 1.07. The molecule has 0 fully saturated rings. The summed E-state index contributed by atoms with van der Waals surface area (Å²) in [4.78, 5) is 20.4. The third-order valence-electron chi connectivity index (χ3n) is 1.80. The summed E-state index contributed by atoms with van der Waals surface area (Å²) in [7, 11) is 0. The number of carbonyl (C=O) groups is 2. The van der Waals surface area contributed by atoms with Crippen LogP contribution in [0.1, 0.15) is 5.56 Å². The first-order valence-electron chi connectivity index (χ1n) is 4.30. The molecule has 0 atom stereocenters. The number of nitrogens with one attached hydrogen (secondary N) is 1. The van der Waals surface area contributed by atoms with Crippen molar-refractivity contribution in [3.05, 3.63) is 35.4 Å². The van der Waals surface area contributed by atoms with Crippen molar-refractivity contribution in [1.82, 2.24) is 5.32 Å². The third kappa shape index (κ3) is 3.46. The fourth-order valence-electron chi connectivity index (χ4n) is 1.07. The van der Waals surface area contributed by atoms with Crippen LogP contribution in [0.5, 0.6) is 0 Å². The quantitative estimate of drug-likeness (QED) is 0.594. The van der Waals surface area contributed by atoms with Gasteiger partial charge in [-0.2, -0.15) is 0 Å². The summed E-state index contributed by atoms with van der Waals surface area (Å²) in [6, 6.07) is 3.50. The summed E-state index contributed by atoms with van der Waals surface area (Å²) in [5.41, 5.74) is 0.556. The second-order valence-electron chi connectivity index (χ2n) is 2.91. The molecule has 3 nitrogen and oxygen atoms in total. The molecule has 0 saturated heterocycles. The van der Waals surface area contributed by atoms with E-state index in [0.29, 0.717) is 12.0 Å². The van der Waals surface area contributed by atoms with Crippen molar-refractivity contribution < 1.29 is 18.4 Å². The Kier molecular flexibility index (Phi) is 3.91. The van der Waals surface area contributed by atoms with E-state index < -0.39 is 17.5 Å². The van der Waals surface area contributed by atoms with Crippen LogP contribution in [-0.4, -0.2) is 18.7 Å². The molecule has 0 spiro atoms. The third-order valence-corrected chi connectivity index (χ3v) is 1.80. The van der Waals surface area contributed by atoms with Crippen molar-refractivity contribution in [2.75, 3.05) is 6.54 Å². The van der Waals surface area contributed by atoms with E-state index >= 15 is 0 Å². The average Bonchev–Trinajstić information content (AvgIpc) is 2.23. The maximum absolute atomic E-state index is 12.7. The number of amides is 1. The molecule has 0 aliphatic rings. The predicted octanol–water partition coefficient (Wildman–Crippen LogP) is 0.822. The smallest absolute Gasteiger partial charge is 0.284 e. The molecule has 1 rings (SSSR count). The SMILES string of the molecule is O=CC(=O)NCCc1ccc(F)c(F)c1. The van der Waals surface area contributed by atoms with Gasteiger partial charge in [-0.15, -0.1) is 0 Å². The van der Waals surface area contributed by atoms with Gasteiger partial charge in [0.05, 0.1) is 0 Å². The molecule has 0 saturated carbocycles. The molecular formula is C10H9F2NO2. The van der Waals surface area contributed by atoms with Gasteiger partial charge in [-0.3, -0.25) is 9.59 Å². The van der Waals surface area contributed by atoms with E-state index in [2.05, 4.69) is 5.32 Å². The van der Waals surface area contributed by atoms with Crippen LogP contribution in [0.25, 0.3) is 0 Å². The van der Waals surface area contributed by atoms with Gasteiger partial charge in [-0.05, 0) is 24.1 Å². The minimum absolute atomic E-state index is 0.158. The number of halogens is 2. The van der Waals surface area contributed by atoms with E-state index in [1.54, 1.807) is 0 Å². The standard InChI is InChI=1S/C10H9F2NO2/c11-8-2-1-7(5-9(8)12)3-4-13-10(15)6-14/h1-2,5-6H,3-4H2,(H,13,15). The maximum Gasteiger partial charge on any atom is 0.284 e. The van der Waals surface area contributed by atoms with Crippen LogP contribution in [0, 0.1) is 11.6 Å². The van der Waals surface area contributed by atoms with E-state index in [1.165, 1.54) is 6.07 Å². The summed E-state index contributed by atoms with van der Waals surface area (Å²) in [5, 5.41) is 2.29. The van der Waals surface area contributed by atoms with Crippen molar-refractivity contribution in [3.8, 4) is 0 Å². The van der Waals surface area contributed by atoms with E-state index in [-0.39, 0.29) is 12.8 Å². The van der Waals surface area contributed by atoms with Gasteiger partial charge in [-0.1, -0.05) is 6.07 Å². The number of hydrogen-bond donors (Lipinski definition) is 1. The van der Waals surface area contributed by atoms with Gasteiger partial charge in [0, 0.05) is 6.54 Å². The Morgan fingerprint density at radius 2 is 2.07 bits per heavy atom. The summed E-state index contributed by atoms with van der Waals surface area (Å²) in [6.07, 6.45) is 0.502. The molecule has 0 aliphatic heterocycles. The second kappa shape index (κ2) is 5.19. The van der Waals surface area contributed by atoms with Crippen LogP contribution in [0.2, 0.25) is 0 Å². The van der Waals surface area contributed by atoms with Gasteiger partial charge < -0.3 is 5.32 Å². The molecule has 1 amide bonds. The van der Waals surface area contributed by atoms with Crippen molar-refractivity contribution in [3.63, 3.8) is 0 Å². The second-order valence-corrected chi connectivity index (χ2v) is 2.91. The van der Waals surface area contributed by atoms with Crippen LogP contribution in [-0.2, 0) is 16.0 Å². The van der Waals surface area contributed by atoms with E-state index in [0.717, 1.165) is 12.1 Å². The van der Waals surface area contributed by atoms with Crippen molar-refractivity contribution in [1.29, 1.82) is 0 Å². The van der Waals surface area contributed by atoms with Crippen LogP contribution in [0.4, 0.5) is 8.78 Å². The van der Waals surface area contributed by atoms with Crippen LogP contribution in [0.3, 0.4) is 0 Å². The zero-order valence-electron chi connectivity index (χ0n) is 7.80. The first-order valence-corrected chi connectivity index (χ1v) is 4.30. The Morgan fingerprint density at radius 3 is 2.67 bits per heavy atom. The van der Waals surface area contributed by atoms with Crippen LogP contribution < -0.4 is 5.32 Å². The Labute approximate surface area is 85.1 Å². The summed E-state index contributed by atoms with van der Waals surface area (Å²) in [5.74, 6) is -2.55. The van der Waals surface area contributed by atoms with Gasteiger partial charge in [0.2, 0.25) is 6.29 Å². The molecule has 5 heteroatoms. The number of rotatable bonds is 4. The Morgan fingerprint density at radius 1 is 1.33 bits per heavy atom. The van der Waals surface area contributed by atoms with Crippen molar-refractivity contribution in [2.24, 2.45) is 0 Å². The first-order chi connectivity index (χ1) is 7.13. The van der Waals surface area contributed by atoms with Gasteiger partial charge in [-0.25, -0.2) is 8.78 Å². The monoisotopic (exact) mass is 213 g/mol. The van der Waals surface area contributed by atoms with Crippen molar-refractivity contribution >= 4 is 12.2 Å². The van der Waals surface area contributed by atoms with Crippen LogP contribution >= 0.6 is 0 Å². The number of benzene rings is 1. The van der Waals surface area contributed by atoms with Crippen molar-refractivity contribution in [2.45, 2.75) is 6.42 Å². The molecule has 0 aliphatic carbocycles. The Hall–Kier alpha value is -1.78. The van der Waals surface area contributed by atoms with Gasteiger partial charge >= 0.3 is 0 Å². The molecule has 0 heterocycles. The summed E-state index contributed by atoms with van der Waals surface area (Å²) >= 11 is 0. The zero-order valence-corrected chi connectivity index (χ0v) is 7.80. The molecule has 80 valence electrons. The topological polar surface area (TPSA) is 46.2 Å². The lowest BCUT2D eigenvalue weighted by Gasteiger charge is -2.02. The highest BCUT2D eigenvalue weighted by molar-refractivity contribution is 6.23. The largest absolute Gasteiger partial charge is 0.349 e. The molecule has 1 aromatic rings. The molecular weight excluding hydrogens is 204 g/mol. The normalized spacial score (nSPS) is 9.73. The number of hydrogen-bond acceptors (Lipinski definition) is 2. The zero-order chi connectivity index (χ0) is 11.3. The van der Waals surface area contributed by atoms with E-state index in [9.17, 15) is 18.4 Å². The average molecular weight is 213 g/mol. The molecule has 0 radical (unpaired) electrons. The molecule has 0 bridgehead atoms. The van der Waals surface area contributed by atoms with Gasteiger partial charge in [0.1, 0.15) is 0 Å². The molecule has 15 heavy (non-hydrogen) atoms. The van der Waals surface area contributed by atoms with Gasteiger partial charge in [0.25, 0.3) is 5.91 Å². The number of carbonyl (C=O) groups excluding carboxylic acids is 2. The van der Waals surface area contributed by atoms with E-state index in [4.69, 9.17) is 0 Å².